The number of aromatic nitrogens is 1. The monoisotopic (exact) mass is 461 g/mol. The third-order valence-corrected chi connectivity index (χ3v) is 3.90. The van der Waals surface area contributed by atoms with E-state index in [-0.39, 0.29) is 27.6 Å². The Morgan fingerprint density at radius 2 is 1.71 bits per heavy atom. The van der Waals surface area contributed by atoms with Gasteiger partial charge in [-0.05, 0) is 43.3 Å². The van der Waals surface area contributed by atoms with Gasteiger partial charge in [0.2, 0.25) is 0 Å². The zero-order valence-electron chi connectivity index (χ0n) is 15.4. The lowest BCUT2D eigenvalue weighted by Crippen LogP contribution is -2.34. The number of carboxylic acids is 2. The minimum absolute atomic E-state index is 0.0663. The highest BCUT2D eigenvalue weighted by Gasteiger charge is 2.42. The Morgan fingerprint density at radius 1 is 1.10 bits per heavy atom. The first kappa shape index (κ1) is 23.7. The summed E-state index contributed by atoms with van der Waals surface area (Å²) in [6.45, 7) is 1.44. The number of carboxylic acid groups (broad SMARTS) is 2. The standard InChI is InChI=1S/C11H7ClFNO3.C8H5F3O3/c1-5-8(11(15)16)10(14-17-5)9-6(12)3-2-4-7(9)13;9-5-1-3-6(4-2-5)14-8(10,11)7(12)13/h2-4H,1H3,(H,15,16);1-4H,(H,12,13). The van der Waals surface area contributed by atoms with E-state index in [2.05, 4.69) is 9.89 Å². The van der Waals surface area contributed by atoms with Crippen LogP contribution in [0.1, 0.15) is 16.1 Å². The van der Waals surface area contributed by atoms with Crippen LogP contribution in [0.4, 0.5) is 17.6 Å². The van der Waals surface area contributed by atoms with Crippen molar-refractivity contribution in [1.82, 2.24) is 5.16 Å². The molecule has 1 aromatic heterocycles. The van der Waals surface area contributed by atoms with Crippen LogP contribution in [0, 0.1) is 18.6 Å². The second-order valence-electron chi connectivity index (χ2n) is 5.74. The molecule has 1 heterocycles. The summed E-state index contributed by atoms with van der Waals surface area (Å²) in [5, 5.41) is 20.7. The van der Waals surface area contributed by atoms with E-state index < -0.39 is 35.4 Å². The van der Waals surface area contributed by atoms with Crippen LogP contribution in [0.15, 0.2) is 47.0 Å². The highest BCUT2D eigenvalue weighted by atomic mass is 35.5. The van der Waals surface area contributed by atoms with E-state index in [9.17, 15) is 27.2 Å². The van der Waals surface area contributed by atoms with E-state index in [1.165, 1.54) is 25.1 Å². The number of aliphatic carboxylic acids is 1. The fraction of sp³-hybridized carbons (Fsp3) is 0.105. The van der Waals surface area contributed by atoms with E-state index in [1.54, 1.807) is 0 Å². The largest absolute Gasteiger partial charge is 0.501 e. The van der Waals surface area contributed by atoms with Gasteiger partial charge in [0.05, 0.1) is 10.6 Å². The van der Waals surface area contributed by atoms with Gasteiger partial charge in [-0.3, -0.25) is 0 Å². The lowest BCUT2D eigenvalue weighted by Gasteiger charge is -2.12. The number of ether oxygens (including phenoxy) is 1. The Morgan fingerprint density at radius 3 is 2.23 bits per heavy atom. The molecule has 0 saturated heterocycles. The van der Waals surface area contributed by atoms with Gasteiger partial charge in [0.1, 0.15) is 34.4 Å². The molecule has 0 bridgehead atoms. The van der Waals surface area contributed by atoms with Crippen LogP contribution in [0.2, 0.25) is 5.02 Å². The molecule has 31 heavy (non-hydrogen) atoms. The Labute approximate surface area is 176 Å². The van der Waals surface area contributed by atoms with Crippen molar-refractivity contribution in [1.29, 1.82) is 0 Å². The third-order valence-electron chi connectivity index (χ3n) is 3.58. The molecule has 0 aliphatic rings. The van der Waals surface area contributed by atoms with Gasteiger partial charge in [-0.25, -0.2) is 18.4 Å². The maximum Gasteiger partial charge on any atom is 0.501 e. The quantitative estimate of drug-likeness (QED) is 0.513. The number of carbonyl (C=O) groups is 2. The van der Waals surface area contributed by atoms with Crippen molar-refractivity contribution < 1.29 is 46.6 Å². The van der Waals surface area contributed by atoms with Gasteiger partial charge in [0.15, 0.2) is 0 Å². The Kier molecular flexibility index (Phi) is 7.24. The summed E-state index contributed by atoms with van der Waals surface area (Å²) in [7, 11) is 0. The van der Waals surface area contributed by atoms with Gasteiger partial charge < -0.3 is 19.5 Å². The van der Waals surface area contributed by atoms with E-state index in [1.807, 2.05) is 0 Å². The van der Waals surface area contributed by atoms with Crippen molar-refractivity contribution in [2.24, 2.45) is 0 Å². The van der Waals surface area contributed by atoms with Crippen LogP contribution in [0.5, 0.6) is 5.75 Å². The minimum Gasteiger partial charge on any atom is -0.477 e. The molecule has 0 atom stereocenters. The topological polar surface area (TPSA) is 110 Å². The van der Waals surface area contributed by atoms with Gasteiger partial charge in [0, 0.05) is 0 Å². The third kappa shape index (κ3) is 5.72. The molecule has 3 aromatic rings. The molecule has 2 N–H and O–H groups in total. The number of benzene rings is 2. The van der Waals surface area contributed by atoms with E-state index >= 15 is 0 Å². The van der Waals surface area contributed by atoms with Crippen LogP contribution in [-0.2, 0) is 4.79 Å². The maximum absolute atomic E-state index is 13.6. The molecule has 0 spiro atoms. The van der Waals surface area contributed by atoms with E-state index in [4.69, 9.17) is 26.3 Å². The lowest BCUT2D eigenvalue weighted by molar-refractivity contribution is -0.210. The van der Waals surface area contributed by atoms with Crippen molar-refractivity contribution in [2.75, 3.05) is 0 Å². The summed E-state index contributed by atoms with van der Waals surface area (Å²) >= 11 is 5.84. The smallest absolute Gasteiger partial charge is 0.477 e. The normalized spacial score (nSPS) is 10.8. The second-order valence-corrected chi connectivity index (χ2v) is 6.15. The average Bonchev–Trinajstić information content (AvgIpc) is 3.05. The fourth-order valence-electron chi connectivity index (χ4n) is 2.21. The number of alkyl halides is 2. The number of aryl methyl sites for hydroxylation is 1. The van der Waals surface area contributed by atoms with Crippen LogP contribution < -0.4 is 4.74 Å². The lowest BCUT2D eigenvalue weighted by atomic mass is 10.1. The summed E-state index contributed by atoms with van der Waals surface area (Å²) < 4.78 is 59.4. The zero-order valence-corrected chi connectivity index (χ0v) is 16.2. The molecular weight excluding hydrogens is 450 g/mol. The molecule has 0 radical (unpaired) electrons. The van der Waals surface area contributed by atoms with Crippen LogP contribution in [0.25, 0.3) is 11.3 Å². The van der Waals surface area contributed by atoms with Crippen molar-refractivity contribution in [3.8, 4) is 17.0 Å². The number of hydrogen-bond acceptors (Lipinski definition) is 5. The van der Waals surface area contributed by atoms with Gasteiger partial charge in [-0.15, -0.1) is 0 Å². The van der Waals surface area contributed by atoms with Gasteiger partial charge in [-0.1, -0.05) is 22.8 Å². The van der Waals surface area contributed by atoms with Crippen molar-refractivity contribution in [3.05, 3.63) is 70.4 Å². The SMILES string of the molecule is Cc1onc(-c2c(F)cccc2Cl)c1C(=O)O.O=C(O)C(F)(F)Oc1ccc(F)cc1. The number of halogens is 5. The van der Waals surface area contributed by atoms with E-state index in [0.717, 1.165) is 24.3 Å². The molecule has 0 aliphatic heterocycles. The van der Waals surface area contributed by atoms with Gasteiger partial charge in [0.25, 0.3) is 0 Å². The second kappa shape index (κ2) is 9.47. The van der Waals surface area contributed by atoms with Crippen LogP contribution in [-0.4, -0.2) is 33.4 Å². The molecule has 0 saturated carbocycles. The summed E-state index contributed by atoms with van der Waals surface area (Å²) in [6, 6.07) is 7.64. The Bertz CT molecular complexity index is 1080. The predicted octanol–water partition coefficient (Wildman–Crippen LogP) is 5.02. The van der Waals surface area contributed by atoms with Crippen LogP contribution >= 0.6 is 11.6 Å². The van der Waals surface area contributed by atoms with E-state index in [0.29, 0.717) is 0 Å². The molecule has 0 aliphatic carbocycles. The molecule has 3 rings (SSSR count). The molecule has 0 fully saturated rings. The molecule has 164 valence electrons. The summed E-state index contributed by atoms with van der Waals surface area (Å²) in [5.74, 6) is -5.23. The maximum atomic E-state index is 13.6. The fourth-order valence-corrected chi connectivity index (χ4v) is 2.47. The first-order chi connectivity index (χ1) is 14.4. The summed E-state index contributed by atoms with van der Waals surface area (Å²) in [4.78, 5) is 21.0. The van der Waals surface area contributed by atoms with Crippen molar-refractivity contribution >= 4 is 23.5 Å². The number of hydrogen-bond donors (Lipinski definition) is 2. The molecule has 7 nitrogen and oxygen atoms in total. The first-order valence-corrected chi connectivity index (χ1v) is 8.51. The van der Waals surface area contributed by atoms with Crippen LogP contribution in [0.3, 0.4) is 0 Å². The highest BCUT2D eigenvalue weighted by Crippen LogP contribution is 2.33. The molecule has 2 aromatic carbocycles. The van der Waals surface area contributed by atoms with Crippen molar-refractivity contribution in [3.63, 3.8) is 0 Å². The molecule has 0 unspecified atom stereocenters. The minimum atomic E-state index is -4.31. The Hall–Kier alpha value is -3.60. The summed E-state index contributed by atoms with van der Waals surface area (Å²) in [6.07, 6.45) is -4.31. The number of rotatable bonds is 5. The Balaban J connectivity index is 0.000000225. The number of aromatic carboxylic acids is 1. The zero-order chi connectivity index (χ0) is 23.3. The summed E-state index contributed by atoms with van der Waals surface area (Å²) in [5.41, 5.74) is -0.349. The molecule has 0 amide bonds. The van der Waals surface area contributed by atoms with Gasteiger partial charge >= 0.3 is 18.0 Å². The highest BCUT2D eigenvalue weighted by molar-refractivity contribution is 6.33. The number of nitrogens with zero attached hydrogens (tertiary/aromatic N) is 1. The molecular formula is C19H12ClF4NO6. The molecule has 12 heteroatoms. The first-order valence-electron chi connectivity index (χ1n) is 8.13. The predicted molar refractivity (Wildman–Crippen MR) is 98.2 cm³/mol. The average molecular weight is 462 g/mol. The van der Waals surface area contributed by atoms with Crippen molar-refractivity contribution in [2.45, 2.75) is 13.0 Å². The van der Waals surface area contributed by atoms with Gasteiger partial charge in [-0.2, -0.15) is 8.78 Å².